The quantitative estimate of drug-likeness (QED) is 0.578. The average Bonchev–Trinajstić information content (AvgIpc) is 2.60. The highest BCUT2D eigenvalue weighted by Crippen LogP contribution is 2.22. The van der Waals surface area contributed by atoms with E-state index in [4.69, 9.17) is 4.18 Å². The molecule has 2 aromatic rings. The fraction of sp³-hybridized carbons (Fsp3) is 0.300. The summed E-state index contributed by atoms with van der Waals surface area (Å²) in [5.41, 5.74) is 0.0745. The van der Waals surface area contributed by atoms with Gasteiger partial charge in [-0.15, -0.1) is 0 Å². The van der Waals surface area contributed by atoms with Crippen molar-refractivity contribution in [1.29, 1.82) is 0 Å². The van der Waals surface area contributed by atoms with E-state index in [1.165, 1.54) is 34.3 Å². The maximum atomic E-state index is 13.1. The summed E-state index contributed by atoms with van der Waals surface area (Å²) in [5, 5.41) is 2.66. The van der Waals surface area contributed by atoms with Crippen molar-refractivity contribution < 1.29 is 22.2 Å². The van der Waals surface area contributed by atoms with E-state index in [2.05, 4.69) is 0 Å². The van der Waals surface area contributed by atoms with Gasteiger partial charge in [-0.2, -0.15) is 8.42 Å². The Morgan fingerprint density at radius 2 is 1.36 bits per heavy atom. The van der Waals surface area contributed by atoms with Gasteiger partial charge < -0.3 is 4.18 Å². The van der Waals surface area contributed by atoms with Crippen molar-refractivity contribution in [2.75, 3.05) is 13.3 Å². The third kappa shape index (κ3) is 5.32. The largest absolute Gasteiger partial charge is 0.383 e. The first-order valence-electron chi connectivity index (χ1n) is 8.57. The summed E-state index contributed by atoms with van der Waals surface area (Å²) in [5.74, 6) is -0.610. The topological polar surface area (TPSA) is 84.0 Å². The SMILES string of the molecule is CN(C(=O)c1ccccc1)N(C(=O)c1ccc(OS(C)(=O)=O)cc1)C(C)(C)C. The zero-order chi connectivity index (χ0) is 21.1. The van der Waals surface area contributed by atoms with E-state index in [9.17, 15) is 18.0 Å². The van der Waals surface area contributed by atoms with Gasteiger partial charge in [-0.3, -0.25) is 9.59 Å². The minimum Gasteiger partial charge on any atom is -0.383 e. The maximum absolute atomic E-state index is 13.1. The Labute approximate surface area is 165 Å². The molecule has 0 heterocycles. The van der Waals surface area contributed by atoms with Gasteiger partial charge in [-0.25, -0.2) is 10.0 Å². The van der Waals surface area contributed by atoms with Gasteiger partial charge in [0.2, 0.25) is 0 Å². The lowest BCUT2D eigenvalue weighted by atomic mass is 10.1. The van der Waals surface area contributed by atoms with E-state index < -0.39 is 21.6 Å². The molecule has 2 aromatic carbocycles. The molecule has 150 valence electrons. The molecule has 0 saturated carbocycles. The molecule has 0 spiro atoms. The number of amides is 2. The number of hydrazine groups is 1. The minimum absolute atomic E-state index is 0.107. The van der Waals surface area contributed by atoms with E-state index >= 15 is 0 Å². The van der Waals surface area contributed by atoms with Crippen LogP contribution in [0.4, 0.5) is 0 Å². The summed E-state index contributed by atoms with van der Waals surface area (Å²) in [6, 6.07) is 14.4. The molecule has 0 aliphatic rings. The van der Waals surface area contributed by atoms with Crippen LogP contribution < -0.4 is 4.18 Å². The molecular weight excluding hydrogens is 380 g/mol. The highest BCUT2D eigenvalue weighted by atomic mass is 32.2. The molecule has 2 rings (SSSR count). The first kappa shape index (κ1) is 21.4. The first-order chi connectivity index (χ1) is 12.9. The van der Waals surface area contributed by atoms with Crippen molar-refractivity contribution in [2.45, 2.75) is 26.3 Å². The highest BCUT2D eigenvalue weighted by molar-refractivity contribution is 7.86. The monoisotopic (exact) mass is 404 g/mol. The molecule has 0 fully saturated rings. The number of hydrogen-bond acceptors (Lipinski definition) is 5. The molecule has 0 aromatic heterocycles. The standard InChI is InChI=1S/C20H24N2O5S/c1-20(2,3)22(21(4)18(23)15-9-7-6-8-10-15)19(24)16-11-13-17(14-12-16)27-28(5,25)26/h6-14H,1-5H3. The third-order valence-electron chi connectivity index (χ3n) is 3.79. The van der Waals surface area contributed by atoms with Gasteiger partial charge >= 0.3 is 10.1 Å². The second-order valence-corrected chi connectivity index (χ2v) is 8.87. The molecule has 7 nitrogen and oxygen atoms in total. The molecule has 0 aliphatic heterocycles. The zero-order valence-electron chi connectivity index (χ0n) is 16.5. The Hall–Kier alpha value is -2.87. The summed E-state index contributed by atoms with van der Waals surface area (Å²) in [4.78, 5) is 26.0. The smallest absolute Gasteiger partial charge is 0.306 e. The minimum atomic E-state index is -3.65. The number of carbonyl (C=O) groups excluding carboxylic acids is 2. The predicted molar refractivity (Wildman–Crippen MR) is 106 cm³/mol. The van der Waals surface area contributed by atoms with E-state index in [0.717, 1.165) is 6.26 Å². The van der Waals surface area contributed by atoms with Crippen LogP contribution in [0.15, 0.2) is 54.6 Å². The van der Waals surface area contributed by atoms with Crippen molar-refractivity contribution >= 4 is 21.9 Å². The fourth-order valence-corrected chi connectivity index (χ4v) is 3.16. The number of rotatable bonds is 4. The van der Waals surface area contributed by atoms with Crippen LogP contribution in [0.25, 0.3) is 0 Å². The first-order valence-corrected chi connectivity index (χ1v) is 10.4. The molecular formula is C20H24N2O5S. The number of benzene rings is 2. The van der Waals surface area contributed by atoms with Crippen molar-refractivity contribution in [3.05, 3.63) is 65.7 Å². The summed E-state index contributed by atoms with van der Waals surface area (Å²) in [7, 11) is -2.11. The molecule has 28 heavy (non-hydrogen) atoms. The Kier molecular flexibility index (Phi) is 6.14. The molecule has 0 bridgehead atoms. The molecule has 0 unspecified atom stereocenters. The van der Waals surface area contributed by atoms with Gasteiger partial charge in [0.25, 0.3) is 11.8 Å². The van der Waals surface area contributed by atoms with Gasteiger partial charge in [0.15, 0.2) is 0 Å². The van der Waals surface area contributed by atoms with E-state index in [1.54, 1.807) is 31.3 Å². The maximum Gasteiger partial charge on any atom is 0.306 e. The number of hydrogen-bond donors (Lipinski definition) is 0. The Morgan fingerprint density at radius 3 is 1.82 bits per heavy atom. The van der Waals surface area contributed by atoms with Crippen molar-refractivity contribution in [3.8, 4) is 5.75 Å². The second-order valence-electron chi connectivity index (χ2n) is 7.29. The lowest BCUT2D eigenvalue weighted by Crippen LogP contribution is -2.56. The van der Waals surface area contributed by atoms with Gasteiger partial charge in [0.05, 0.1) is 11.8 Å². The lowest BCUT2D eigenvalue weighted by Gasteiger charge is -2.41. The summed E-state index contributed by atoms with van der Waals surface area (Å²) < 4.78 is 27.2. The fourth-order valence-electron chi connectivity index (χ4n) is 2.70. The lowest BCUT2D eigenvalue weighted by molar-refractivity contribution is -0.0308. The number of carbonyl (C=O) groups is 2. The van der Waals surface area contributed by atoms with Crippen LogP contribution in [-0.2, 0) is 10.1 Å². The third-order valence-corrected chi connectivity index (χ3v) is 4.29. The Morgan fingerprint density at radius 1 is 0.857 bits per heavy atom. The molecule has 8 heteroatoms. The second kappa shape index (κ2) is 8.02. The van der Waals surface area contributed by atoms with Crippen LogP contribution in [0.1, 0.15) is 41.5 Å². The van der Waals surface area contributed by atoms with Crippen LogP contribution in [0.2, 0.25) is 0 Å². The molecule has 0 atom stereocenters. The van der Waals surface area contributed by atoms with Crippen molar-refractivity contribution in [1.82, 2.24) is 10.0 Å². The summed E-state index contributed by atoms with van der Waals surface area (Å²) >= 11 is 0. The summed E-state index contributed by atoms with van der Waals surface area (Å²) in [6.45, 7) is 5.46. The van der Waals surface area contributed by atoms with Crippen LogP contribution in [0.5, 0.6) is 5.75 Å². The van der Waals surface area contributed by atoms with E-state index in [-0.39, 0.29) is 11.7 Å². The van der Waals surface area contributed by atoms with Gasteiger partial charge in [0.1, 0.15) is 5.75 Å². The van der Waals surface area contributed by atoms with Crippen molar-refractivity contribution in [2.24, 2.45) is 0 Å². The van der Waals surface area contributed by atoms with Crippen LogP contribution in [0.3, 0.4) is 0 Å². The predicted octanol–water partition coefficient (Wildman–Crippen LogP) is 2.95. The van der Waals surface area contributed by atoms with Gasteiger partial charge in [0, 0.05) is 18.2 Å². The Balaban J connectivity index is 2.32. The normalized spacial score (nSPS) is 11.6. The van der Waals surface area contributed by atoms with E-state index in [1.807, 2.05) is 26.8 Å². The average molecular weight is 404 g/mol. The summed E-state index contributed by atoms with van der Waals surface area (Å²) in [6.07, 6.45) is 0.942. The molecule has 0 saturated heterocycles. The molecule has 0 radical (unpaired) electrons. The van der Waals surface area contributed by atoms with Crippen LogP contribution >= 0.6 is 0 Å². The number of nitrogens with zero attached hydrogens (tertiary/aromatic N) is 2. The zero-order valence-corrected chi connectivity index (χ0v) is 17.4. The van der Waals surface area contributed by atoms with Gasteiger partial charge in [-0.1, -0.05) is 18.2 Å². The molecule has 0 N–H and O–H groups in total. The molecule has 0 aliphatic carbocycles. The van der Waals surface area contributed by atoms with Crippen LogP contribution in [0, 0.1) is 0 Å². The Bertz CT molecular complexity index is 948. The van der Waals surface area contributed by atoms with E-state index in [0.29, 0.717) is 11.1 Å². The van der Waals surface area contributed by atoms with Gasteiger partial charge in [-0.05, 0) is 57.2 Å². The molecule has 2 amide bonds. The highest BCUT2D eigenvalue weighted by Gasteiger charge is 2.34. The van der Waals surface area contributed by atoms with Crippen molar-refractivity contribution in [3.63, 3.8) is 0 Å². The van der Waals surface area contributed by atoms with Crippen LogP contribution in [-0.4, -0.2) is 49.1 Å².